The van der Waals surface area contributed by atoms with Crippen LogP contribution in [-0.2, 0) is 0 Å². The first-order valence-corrected chi connectivity index (χ1v) is 7.04. The second-order valence-corrected chi connectivity index (χ2v) is 5.27. The zero-order valence-corrected chi connectivity index (χ0v) is 12.8. The molecule has 0 spiro atoms. The topological polar surface area (TPSA) is 53.1 Å². The van der Waals surface area contributed by atoms with Crippen molar-refractivity contribution in [1.82, 2.24) is 14.9 Å². The SMILES string of the molecule is CCNc1cc(NCCCN(C)C)nc(C(C)C)n1. The second kappa shape index (κ2) is 7.94. The lowest BCUT2D eigenvalue weighted by Crippen LogP contribution is -2.17. The van der Waals surface area contributed by atoms with E-state index in [0.717, 1.165) is 43.5 Å². The molecule has 1 rings (SSSR count). The van der Waals surface area contributed by atoms with Crippen LogP contribution in [0.4, 0.5) is 11.6 Å². The molecule has 19 heavy (non-hydrogen) atoms. The smallest absolute Gasteiger partial charge is 0.135 e. The maximum atomic E-state index is 4.56. The van der Waals surface area contributed by atoms with Gasteiger partial charge in [-0.25, -0.2) is 9.97 Å². The van der Waals surface area contributed by atoms with Crippen LogP contribution in [0.2, 0.25) is 0 Å². The van der Waals surface area contributed by atoms with E-state index in [2.05, 4.69) is 60.4 Å². The minimum Gasteiger partial charge on any atom is -0.370 e. The van der Waals surface area contributed by atoms with Gasteiger partial charge in [0.25, 0.3) is 0 Å². The lowest BCUT2D eigenvalue weighted by Gasteiger charge is -2.13. The van der Waals surface area contributed by atoms with Gasteiger partial charge in [0, 0.05) is 25.1 Å². The molecule has 1 heterocycles. The zero-order chi connectivity index (χ0) is 14.3. The van der Waals surface area contributed by atoms with E-state index in [1.807, 2.05) is 6.07 Å². The number of nitrogens with one attached hydrogen (secondary N) is 2. The molecule has 0 aliphatic rings. The molecule has 0 fully saturated rings. The molecule has 0 bridgehead atoms. The van der Waals surface area contributed by atoms with E-state index in [1.54, 1.807) is 0 Å². The van der Waals surface area contributed by atoms with Crippen LogP contribution in [0.5, 0.6) is 0 Å². The Morgan fingerprint density at radius 1 is 1.16 bits per heavy atom. The number of nitrogens with zero attached hydrogens (tertiary/aromatic N) is 3. The molecule has 5 nitrogen and oxygen atoms in total. The Balaban J connectivity index is 2.65. The largest absolute Gasteiger partial charge is 0.370 e. The molecule has 0 radical (unpaired) electrons. The Kier molecular flexibility index (Phi) is 6.56. The van der Waals surface area contributed by atoms with Crippen LogP contribution in [0.25, 0.3) is 0 Å². The van der Waals surface area contributed by atoms with Crippen molar-refractivity contribution < 1.29 is 0 Å². The van der Waals surface area contributed by atoms with E-state index < -0.39 is 0 Å². The summed E-state index contributed by atoms with van der Waals surface area (Å²) in [6, 6.07) is 1.98. The van der Waals surface area contributed by atoms with Crippen molar-refractivity contribution in [2.45, 2.75) is 33.1 Å². The Bertz CT molecular complexity index is 376. The summed E-state index contributed by atoms with van der Waals surface area (Å²) < 4.78 is 0. The van der Waals surface area contributed by atoms with Gasteiger partial charge < -0.3 is 15.5 Å². The molecular weight excluding hydrogens is 238 g/mol. The highest BCUT2D eigenvalue weighted by Gasteiger charge is 2.07. The highest BCUT2D eigenvalue weighted by atomic mass is 15.1. The molecule has 0 atom stereocenters. The van der Waals surface area contributed by atoms with E-state index in [0.29, 0.717) is 5.92 Å². The Labute approximate surface area is 116 Å². The van der Waals surface area contributed by atoms with Gasteiger partial charge in [-0.2, -0.15) is 0 Å². The van der Waals surface area contributed by atoms with E-state index in [1.165, 1.54) is 0 Å². The molecule has 0 aliphatic heterocycles. The lowest BCUT2D eigenvalue weighted by molar-refractivity contribution is 0.405. The molecule has 1 aromatic rings. The molecule has 0 amide bonds. The first-order chi connectivity index (χ1) is 9.02. The van der Waals surface area contributed by atoms with Crippen LogP contribution in [0.15, 0.2) is 6.07 Å². The van der Waals surface area contributed by atoms with Gasteiger partial charge in [-0.3, -0.25) is 0 Å². The third kappa shape index (κ3) is 5.87. The molecule has 0 aromatic carbocycles. The van der Waals surface area contributed by atoms with Crippen molar-refractivity contribution in [3.05, 3.63) is 11.9 Å². The fraction of sp³-hybridized carbons (Fsp3) is 0.714. The molecule has 0 aliphatic carbocycles. The first-order valence-electron chi connectivity index (χ1n) is 7.04. The first kappa shape index (κ1) is 15.7. The molecule has 2 N–H and O–H groups in total. The van der Waals surface area contributed by atoms with Crippen molar-refractivity contribution >= 4 is 11.6 Å². The highest BCUT2D eigenvalue weighted by Crippen LogP contribution is 2.16. The molecular formula is C14H27N5. The average Bonchev–Trinajstić information content (AvgIpc) is 2.34. The third-order valence-corrected chi connectivity index (χ3v) is 2.71. The number of hydrogen-bond donors (Lipinski definition) is 2. The van der Waals surface area contributed by atoms with Gasteiger partial charge >= 0.3 is 0 Å². The molecule has 5 heteroatoms. The molecule has 0 saturated heterocycles. The fourth-order valence-electron chi connectivity index (χ4n) is 1.70. The van der Waals surface area contributed by atoms with Crippen LogP contribution in [0, 0.1) is 0 Å². The summed E-state index contributed by atoms with van der Waals surface area (Å²) in [5.74, 6) is 3.03. The van der Waals surface area contributed by atoms with E-state index in [-0.39, 0.29) is 0 Å². The van der Waals surface area contributed by atoms with Crippen molar-refractivity contribution in [1.29, 1.82) is 0 Å². The zero-order valence-electron chi connectivity index (χ0n) is 12.8. The minimum atomic E-state index is 0.334. The second-order valence-electron chi connectivity index (χ2n) is 5.27. The highest BCUT2D eigenvalue weighted by molar-refractivity contribution is 5.47. The Hall–Kier alpha value is -1.36. The minimum absolute atomic E-state index is 0.334. The molecule has 1 aromatic heterocycles. The predicted octanol–water partition coefficient (Wildman–Crippen LogP) is 2.40. The summed E-state index contributed by atoms with van der Waals surface area (Å²) in [5, 5.41) is 6.63. The molecule has 108 valence electrons. The van der Waals surface area contributed by atoms with Gasteiger partial charge in [0.1, 0.15) is 17.5 Å². The summed E-state index contributed by atoms with van der Waals surface area (Å²) >= 11 is 0. The van der Waals surface area contributed by atoms with Gasteiger partial charge in [0.15, 0.2) is 0 Å². The van der Waals surface area contributed by atoms with Crippen molar-refractivity contribution in [2.24, 2.45) is 0 Å². The summed E-state index contributed by atoms with van der Waals surface area (Å²) in [7, 11) is 4.18. The van der Waals surface area contributed by atoms with E-state index in [9.17, 15) is 0 Å². The summed E-state index contributed by atoms with van der Waals surface area (Å²) in [5.41, 5.74) is 0. The monoisotopic (exact) mass is 265 g/mol. The van der Waals surface area contributed by atoms with Gasteiger partial charge in [0.05, 0.1) is 0 Å². The van der Waals surface area contributed by atoms with Crippen molar-refractivity contribution in [2.75, 3.05) is 44.4 Å². The lowest BCUT2D eigenvalue weighted by atomic mass is 10.2. The van der Waals surface area contributed by atoms with E-state index >= 15 is 0 Å². The third-order valence-electron chi connectivity index (χ3n) is 2.71. The van der Waals surface area contributed by atoms with Crippen LogP contribution in [0.1, 0.15) is 38.9 Å². The van der Waals surface area contributed by atoms with Crippen LogP contribution < -0.4 is 10.6 Å². The predicted molar refractivity (Wildman–Crippen MR) is 81.9 cm³/mol. The number of anilines is 2. The van der Waals surface area contributed by atoms with Crippen LogP contribution >= 0.6 is 0 Å². The van der Waals surface area contributed by atoms with Crippen molar-refractivity contribution in [3.8, 4) is 0 Å². The maximum Gasteiger partial charge on any atom is 0.135 e. The van der Waals surface area contributed by atoms with Crippen molar-refractivity contribution in [3.63, 3.8) is 0 Å². The molecule has 0 saturated carbocycles. The van der Waals surface area contributed by atoms with Gasteiger partial charge in [-0.05, 0) is 34.0 Å². The van der Waals surface area contributed by atoms with E-state index in [4.69, 9.17) is 0 Å². The summed E-state index contributed by atoms with van der Waals surface area (Å²) in [4.78, 5) is 11.3. The maximum absolute atomic E-state index is 4.56. The standard InChI is InChI=1S/C14H27N5/c1-6-15-12-10-13(16-8-7-9-19(4)5)18-14(17-12)11(2)3/h10-11H,6-9H2,1-5H3,(H2,15,16,17,18). The molecule has 0 unspecified atom stereocenters. The quantitative estimate of drug-likeness (QED) is 0.707. The normalized spacial score (nSPS) is 11.1. The van der Waals surface area contributed by atoms with Gasteiger partial charge in [-0.15, -0.1) is 0 Å². The number of hydrogen-bond acceptors (Lipinski definition) is 5. The van der Waals surface area contributed by atoms with Crippen LogP contribution in [-0.4, -0.2) is 48.6 Å². The van der Waals surface area contributed by atoms with Gasteiger partial charge in [-0.1, -0.05) is 13.8 Å². The number of rotatable bonds is 8. The fourth-order valence-corrected chi connectivity index (χ4v) is 1.70. The summed E-state index contributed by atoms with van der Waals surface area (Å²) in [6.07, 6.45) is 1.10. The summed E-state index contributed by atoms with van der Waals surface area (Å²) in [6.45, 7) is 9.17. The van der Waals surface area contributed by atoms with Gasteiger partial charge in [0.2, 0.25) is 0 Å². The Morgan fingerprint density at radius 2 is 1.79 bits per heavy atom. The average molecular weight is 265 g/mol. The van der Waals surface area contributed by atoms with Crippen LogP contribution in [0.3, 0.4) is 0 Å². The number of aromatic nitrogens is 2. The Morgan fingerprint density at radius 3 is 2.32 bits per heavy atom.